The van der Waals surface area contributed by atoms with E-state index in [1.165, 1.54) is 4.31 Å². The number of aromatic nitrogens is 1. The number of pyridine rings is 1. The molecule has 4 fully saturated rings. The summed E-state index contributed by atoms with van der Waals surface area (Å²) in [7, 11) is -2.14. The fourth-order valence-corrected chi connectivity index (χ4v) is 10.2. The van der Waals surface area contributed by atoms with Gasteiger partial charge < -0.3 is 29.4 Å². The van der Waals surface area contributed by atoms with Crippen molar-refractivity contribution >= 4 is 28.3 Å². The van der Waals surface area contributed by atoms with Crippen LogP contribution in [0.15, 0.2) is 42.7 Å². The number of methoxy groups -OCH3 is 1. The fourth-order valence-electron chi connectivity index (χ4n) is 7.70. The molecule has 0 radical (unpaired) electrons. The van der Waals surface area contributed by atoms with E-state index in [2.05, 4.69) is 18.8 Å². The van der Waals surface area contributed by atoms with E-state index in [1.54, 1.807) is 37.7 Å². The van der Waals surface area contributed by atoms with Gasteiger partial charge in [0, 0.05) is 23.4 Å². The van der Waals surface area contributed by atoms with Gasteiger partial charge in [-0.2, -0.15) is 0 Å². The second kappa shape index (κ2) is 9.28. The molecule has 4 aliphatic rings. The largest absolute Gasteiger partial charge is 0.783 e. The Morgan fingerprint density at radius 1 is 1.11 bits per heavy atom. The lowest BCUT2D eigenvalue weighted by molar-refractivity contribution is -0.123. The van der Waals surface area contributed by atoms with E-state index in [9.17, 15) is 13.9 Å². The smallest absolute Gasteiger partial charge is 0.267 e. The highest BCUT2D eigenvalue weighted by Crippen LogP contribution is 2.76. The summed E-state index contributed by atoms with van der Waals surface area (Å²) >= 11 is 0. The molecule has 38 heavy (non-hydrogen) atoms. The quantitative estimate of drug-likeness (QED) is 0.422. The molecule has 1 amide bonds. The molecule has 1 spiro atoms. The molecular formula is C30H36N2O5S-2. The van der Waals surface area contributed by atoms with Gasteiger partial charge in [0.1, 0.15) is 0 Å². The van der Waals surface area contributed by atoms with E-state index in [0.29, 0.717) is 28.6 Å². The molecule has 2 heterocycles. The molecule has 7 nitrogen and oxygen atoms in total. The first-order valence-electron chi connectivity index (χ1n) is 13.7. The normalized spacial score (nSPS) is 30.3. The highest BCUT2D eigenvalue weighted by atomic mass is 32.3. The lowest BCUT2D eigenvalue weighted by atomic mass is 9.69. The predicted molar refractivity (Wildman–Crippen MR) is 146 cm³/mol. The van der Waals surface area contributed by atoms with Crippen LogP contribution < -0.4 is 9.47 Å². The lowest BCUT2D eigenvalue weighted by Crippen LogP contribution is -2.44. The first-order chi connectivity index (χ1) is 18.2. The summed E-state index contributed by atoms with van der Waals surface area (Å²) < 4.78 is 40.3. The van der Waals surface area contributed by atoms with Crippen LogP contribution in [0.1, 0.15) is 69.9 Å². The van der Waals surface area contributed by atoms with Crippen molar-refractivity contribution in [1.29, 1.82) is 0 Å². The molecule has 1 aliphatic heterocycles. The van der Waals surface area contributed by atoms with Crippen LogP contribution in [0, 0.1) is 16.7 Å². The molecule has 3 aliphatic carbocycles. The van der Waals surface area contributed by atoms with Crippen LogP contribution in [-0.4, -0.2) is 49.3 Å². The Bertz CT molecular complexity index is 1260. The number of rotatable bonds is 6. The monoisotopic (exact) mass is 536 g/mol. The first kappa shape index (κ1) is 25.7. The summed E-state index contributed by atoms with van der Waals surface area (Å²) in [6.07, 6.45) is 12.1. The van der Waals surface area contributed by atoms with Crippen molar-refractivity contribution in [2.24, 2.45) is 16.7 Å². The Kier molecular flexibility index (Phi) is 6.28. The van der Waals surface area contributed by atoms with Gasteiger partial charge in [-0.1, -0.05) is 19.9 Å². The number of nitrogens with zero attached hydrogens (tertiary/aromatic N) is 2. The zero-order valence-corrected chi connectivity index (χ0v) is 23.2. The molecule has 1 aromatic heterocycles. The Balaban J connectivity index is 1.40. The summed E-state index contributed by atoms with van der Waals surface area (Å²) in [5.41, 5.74) is 1.24. The maximum Gasteiger partial charge on any atom is 0.267 e. The maximum atomic E-state index is 14.3. The van der Waals surface area contributed by atoms with Crippen LogP contribution in [0.4, 0.5) is 0 Å². The first-order valence-corrected chi connectivity index (χ1v) is 15.3. The topological polar surface area (TPSA) is 97.8 Å². The molecule has 6 rings (SSSR count). The maximum absolute atomic E-state index is 14.3. The number of hydrogen-bond acceptors (Lipinski definition) is 6. The number of amides is 1. The number of benzene rings is 1. The van der Waals surface area contributed by atoms with Crippen LogP contribution in [0.25, 0.3) is 11.6 Å². The second-order valence-corrected chi connectivity index (χ2v) is 13.8. The molecule has 204 valence electrons. The molecule has 3 atom stereocenters. The van der Waals surface area contributed by atoms with Crippen molar-refractivity contribution in [3.05, 3.63) is 53.9 Å². The number of carbonyl (C=O) groups excluding carboxylic acids is 1. The van der Waals surface area contributed by atoms with E-state index in [-0.39, 0.29) is 28.7 Å². The highest BCUT2D eigenvalue weighted by Gasteiger charge is 2.69. The van der Waals surface area contributed by atoms with Crippen LogP contribution >= 0.6 is 10.8 Å². The van der Waals surface area contributed by atoms with Gasteiger partial charge >= 0.3 is 0 Å². The molecule has 2 aromatic rings. The second-order valence-electron chi connectivity index (χ2n) is 12.0. The minimum Gasteiger partial charge on any atom is -0.783 e. The summed E-state index contributed by atoms with van der Waals surface area (Å²) in [5, 5.41) is 0. The van der Waals surface area contributed by atoms with Crippen molar-refractivity contribution < 1.29 is 23.4 Å². The van der Waals surface area contributed by atoms with Gasteiger partial charge in [0.15, 0.2) is 11.5 Å². The number of sulfonamides is 1. The van der Waals surface area contributed by atoms with Gasteiger partial charge in [-0.05, 0) is 103 Å². The van der Waals surface area contributed by atoms with Crippen molar-refractivity contribution in [3.8, 4) is 11.5 Å². The van der Waals surface area contributed by atoms with Crippen molar-refractivity contribution in [2.75, 3.05) is 12.9 Å². The van der Waals surface area contributed by atoms with E-state index in [0.717, 1.165) is 50.5 Å². The predicted octanol–water partition coefficient (Wildman–Crippen LogP) is 5.97. The molecule has 3 saturated carbocycles. The standard InChI is InChI=1S/C30H38N2O5S/c1-29(2)22-10-13-30(29)19-38(34,35)32(27(30)18-22)28(33)24(21-11-14-31-15-12-21)16-20-8-9-25(36-3)26(17-20)37-23-6-4-5-7-23/h8-9,11-12,14-17,22-23,27,34-35H,4-7,10,13,18-19H2,1-3H3/p-2/b24-16+/t22-,27?,30+/m0/s1. The average Bonchev–Trinajstić information content (AvgIpc) is 3.60. The minimum atomic E-state index is -3.76. The van der Waals surface area contributed by atoms with Gasteiger partial charge in [0.25, 0.3) is 5.91 Å². The molecular weight excluding hydrogens is 500 g/mol. The van der Waals surface area contributed by atoms with E-state index < -0.39 is 16.7 Å². The zero-order valence-electron chi connectivity index (χ0n) is 22.4. The SMILES string of the molecule is COc1ccc(/C=C(/C(=O)N2C3C[C@@H]4CC[C@]3(CS2([O-])[O-])C4(C)C)c2ccncc2)cc1OC1CCCC1. The Morgan fingerprint density at radius 3 is 2.53 bits per heavy atom. The van der Waals surface area contributed by atoms with Gasteiger partial charge in [-0.15, -0.1) is 0 Å². The lowest BCUT2D eigenvalue weighted by Gasteiger charge is -2.63. The Morgan fingerprint density at radius 2 is 1.84 bits per heavy atom. The summed E-state index contributed by atoms with van der Waals surface area (Å²) in [6.45, 7) is 4.38. The minimum absolute atomic E-state index is 0.0471. The summed E-state index contributed by atoms with van der Waals surface area (Å²) in [4.78, 5) is 18.4. The van der Waals surface area contributed by atoms with E-state index in [1.807, 2.05) is 18.2 Å². The number of carbonyl (C=O) groups is 1. The van der Waals surface area contributed by atoms with Gasteiger partial charge in [-0.3, -0.25) is 14.1 Å². The Labute approximate surface area is 226 Å². The van der Waals surface area contributed by atoms with Gasteiger partial charge in [-0.25, -0.2) is 0 Å². The molecule has 2 bridgehead atoms. The van der Waals surface area contributed by atoms with Crippen LogP contribution in [-0.2, 0) is 4.79 Å². The number of fused-ring (bicyclic) bond motifs is 1. The highest BCUT2D eigenvalue weighted by molar-refractivity contribution is 8.22. The van der Waals surface area contributed by atoms with Crippen LogP contribution in [0.2, 0.25) is 0 Å². The number of hydrogen-bond donors (Lipinski definition) is 0. The zero-order chi connectivity index (χ0) is 26.7. The van der Waals surface area contributed by atoms with Gasteiger partial charge in [0.2, 0.25) is 0 Å². The van der Waals surface area contributed by atoms with Gasteiger partial charge in [0.05, 0.1) is 19.3 Å². The van der Waals surface area contributed by atoms with Crippen LogP contribution in [0.3, 0.4) is 0 Å². The van der Waals surface area contributed by atoms with E-state index in [4.69, 9.17) is 9.47 Å². The average molecular weight is 537 g/mol. The molecule has 1 aromatic carbocycles. The third-order valence-corrected chi connectivity index (χ3v) is 11.8. The van der Waals surface area contributed by atoms with E-state index >= 15 is 0 Å². The fraction of sp³-hybridized carbons (Fsp3) is 0.533. The number of ether oxygens (including phenoxy) is 2. The summed E-state index contributed by atoms with van der Waals surface area (Å²) in [6, 6.07) is 8.81. The molecule has 0 N–H and O–H groups in total. The van der Waals surface area contributed by atoms with Crippen molar-refractivity contribution in [3.63, 3.8) is 0 Å². The van der Waals surface area contributed by atoms with Crippen molar-refractivity contribution in [1.82, 2.24) is 9.29 Å². The van der Waals surface area contributed by atoms with Crippen molar-refractivity contribution in [2.45, 2.75) is 70.9 Å². The molecule has 8 heteroatoms. The molecule has 1 saturated heterocycles. The van der Waals surface area contributed by atoms with Crippen LogP contribution in [0.5, 0.6) is 11.5 Å². The molecule has 1 unspecified atom stereocenters. The third kappa shape index (κ3) is 3.95. The Hall–Kier alpha value is -2.55. The third-order valence-electron chi connectivity index (χ3n) is 9.93. The summed E-state index contributed by atoms with van der Waals surface area (Å²) in [5.74, 6) is 1.29.